The van der Waals surface area contributed by atoms with Crippen LogP contribution in [0.25, 0.3) is 10.9 Å². The maximum atomic E-state index is 13.4. The van der Waals surface area contributed by atoms with Crippen LogP contribution in [0.1, 0.15) is 18.9 Å². The number of aromatic nitrogens is 1. The lowest BCUT2D eigenvalue weighted by Gasteiger charge is -2.11. The first-order valence-corrected chi connectivity index (χ1v) is 9.40. The average molecular weight is 464 g/mol. The van der Waals surface area contributed by atoms with E-state index in [1.165, 1.54) is 6.07 Å². The molecule has 0 amide bonds. The highest BCUT2D eigenvalue weighted by Crippen LogP contribution is 2.19. The van der Waals surface area contributed by atoms with Crippen molar-refractivity contribution in [2.24, 2.45) is 4.99 Å². The summed E-state index contributed by atoms with van der Waals surface area (Å²) in [7, 11) is 0. The maximum Gasteiger partial charge on any atom is 0.191 e. The summed E-state index contributed by atoms with van der Waals surface area (Å²) in [6.45, 7) is 4.49. The van der Waals surface area contributed by atoms with Gasteiger partial charge in [0.2, 0.25) is 0 Å². The number of nitrogens with one attached hydrogen (secondary N) is 3. The predicted octanol–water partition coefficient (Wildman–Crippen LogP) is 3.78. The topological polar surface area (TPSA) is 52.2 Å². The Morgan fingerprint density at radius 2 is 2.17 bits per heavy atom. The van der Waals surface area contributed by atoms with Crippen LogP contribution in [-0.2, 0) is 6.42 Å². The van der Waals surface area contributed by atoms with Crippen LogP contribution in [-0.4, -0.2) is 42.6 Å². The molecule has 0 bridgehead atoms. The molecule has 0 atom stereocenters. The highest BCUT2D eigenvalue weighted by atomic mass is 127. The number of fused-ring (bicyclic) bond motifs is 1. The molecule has 1 heterocycles. The number of thioether (sulfide) groups is 1. The molecule has 134 valence electrons. The molecule has 0 saturated heterocycles. The van der Waals surface area contributed by atoms with Crippen molar-refractivity contribution in [1.82, 2.24) is 15.6 Å². The van der Waals surface area contributed by atoms with Gasteiger partial charge >= 0.3 is 0 Å². The fourth-order valence-electron chi connectivity index (χ4n) is 2.41. The SMILES string of the molecule is CCNC(=NCCCSC)NCCc1c[nH]c2ccc(F)cc12.I. The quantitative estimate of drug-likeness (QED) is 0.241. The van der Waals surface area contributed by atoms with Crippen molar-refractivity contribution in [2.75, 3.05) is 31.6 Å². The Morgan fingerprint density at radius 1 is 1.33 bits per heavy atom. The number of guanidine groups is 1. The highest BCUT2D eigenvalue weighted by Gasteiger charge is 2.05. The van der Waals surface area contributed by atoms with Crippen molar-refractivity contribution in [2.45, 2.75) is 19.8 Å². The average Bonchev–Trinajstić information content (AvgIpc) is 2.94. The predicted molar refractivity (Wildman–Crippen MR) is 114 cm³/mol. The number of benzene rings is 1. The lowest BCUT2D eigenvalue weighted by atomic mass is 10.1. The van der Waals surface area contributed by atoms with Gasteiger partial charge in [0.05, 0.1) is 0 Å². The first-order chi connectivity index (χ1) is 11.2. The van der Waals surface area contributed by atoms with Gasteiger partial charge in [0.1, 0.15) is 5.82 Å². The lowest BCUT2D eigenvalue weighted by Crippen LogP contribution is -2.38. The van der Waals surface area contributed by atoms with Crippen molar-refractivity contribution in [3.05, 3.63) is 35.8 Å². The van der Waals surface area contributed by atoms with Gasteiger partial charge in [-0.3, -0.25) is 4.99 Å². The molecule has 0 unspecified atom stereocenters. The van der Waals surface area contributed by atoms with E-state index in [0.29, 0.717) is 0 Å². The van der Waals surface area contributed by atoms with Crippen LogP contribution in [0.5, 0.6) is 0 Å². The van der Waals surface area contributed by atoms with E-state index in [0.717, 1.165) is 60.7 Å². The zero-order chi connectivity index (χ0) is 16.5. The zero-order valence-corrected chi connectivity index (χ0v) is 17.3. The summed E-state index contributed by atoms with van der Waals surface area (Å²) in [5.74, 6) is 1.78. The number of nitrogens with zero attached hydrogens (tertiary/aromatic N) is 1. The normalized spacial score (nSPS) is 11.4. The second-order valence-corrected chi connectivity index (χ2v) is 6.27. The minimum atomic E-state index is -0.199. The van der Waals surface area contributed by atoms with Crippen molar-refractivity contribution in [3.8, 4) is 0 Å². The largest absolute Gasteiger partial charge is 0.361 e. The van der Waals surface area contributed by atoms with E-state index in [9.17, 15) is 4.39 Å². The molecule has 0 saturated carbocycles. The molecule has 4 nitrogen and oxygen atoms in total. The van der Waals surface area contributed by atoms with E-state index in [4.69, 9.17) is 0 Å². The summed E-state index contributed by atoms with van der Waals surface area (Å²) in [4.78, 5) is 7.74. The number of aliphatic imine (C=N–C) groups is 1. The molecule has 0 aliphatic carbocycles. The third-order valence-corrected chi connectivity index (χ3v) is 4.23. The minimum absolute atomic E-state index is 0. The zero-order valence-electron chi connectivity index (χ0n) is 14.2. The van der Waals surface area contributed by atoms with E-state index >= 15 is 0 Å². The maximum absolute atomic E-state index is 13.4. The smallest absolute Gasteiger partial charge is 0.191 e. The van der Waals surface area contributed by atoms with Crippen LogP contribution in [0.3, 0.4) is 0 Å². The number of aromatic amines is 1. The van der Waals surface area contributed by atoms with Gasteiger partial charge in [-0.1, -0.05) is 0 Å². The van der Waals surface area contributed by atoms with Crippen LogP contribution < -0.4 is 10.6 Å². The molecule has 0 fully saturated rings. The molecular weight excluding hydrogens is 438 g/mol. The molecule has 0 radical (unpaired) electrons. The monoisotopic (exact) mass is 464 g/mol. The fourth-order valence-corrected chi connectivity index (χ4v) is 2.83. The molecule has 2 rings (SSSR count). The van der Waals surface area contributed by atoms with Gasteiger partial charge in [-0.15, -0.1) is 24.0 Å². The number of hydrogen-bond donors (Lipinski definition) is 3. The third-order valence-electron chi connectivity index (χ3n) is 3.54. The van der Waals surface area contributed by atoms with Crippen LogP contribution in [0.4, 0.5) is 4.39 Å². The molecule has 24 heavy (non-hydrogen) atoms. The molecule has 0 aliphatic rings. The third kappa shape index (κ3) is 6.51. The Bertz CT molecular complexity index is 645. The first-order valence-electron chi connectivity index (χ1n) is 8.01. The number of rotatable bonds is 8. The Balaban J connectivity index is 0.00000288. The summed E-state index contributed by atoms with van der Waals surface area (Å²) in [5, 5.41) is 7.54. The van der Waals surface area contributed by atoms with Gasteiger partial charge < -0.3 is 15.6 Å². The summed E-state index contributed by atoms with van der Waals surface area (Å²) < 4.78 is 13.4. The second-order valence-electron chi connectivity index (χ2n) is 5.29. The molecule has 1 aromatic carbocycles. The van der Waals surface area contributed by atoms with E-state index in [1.807, 2.05) is 18.0 Å². The van der Waals surface area contributed by atoms with Crippen molar-refractivity contribution >= 4 is 52.6 Å². The number of hydrogen-bond acceptors (Lipinski definition) is 2. The van der Waals surface area contributed by atoms with Crippen molar-refractivity contribution in [1.29, 1.82) is 0 Å². The van der Waals surface area contributed by atoms with Crippen molar-refractivity contribution < 1.29 is 4.39 Å². The minimum Gasteiger partial charge on any atom is -0.361 e. The Morgan fingerprint density at radius 3 is 2.92 bits per heavy atom. The molecule has 7 heteroatoms. The molecule has 2 aromatic rings. The molecule has 0 aliphatic heterocycles. The van der Waals surface area contributed by atoms with E-state index in [-0.39, 0.29) is 29.8 Å². The first kappa shape index (κ1) is 21.1. The second kappa shape index (κ2) is 11.6. The molecule has 3 N–H and O–H groups in total. The summed E-state index contributed by atoms with van der Waals surface area (Å²) in [6, 6.07) is 4.84. The lowest BCUT2D eigenvalue weighted by molar-refractivity contribution is 0.629. The van der Waals surface area contributed by atoms with Crippen LogP contribution in [0.15, 0.2) is 29.4 Å². The number of H-pyrrole nitrogens is 1. The van der Waals surface area contributed by atoms with Gasteiger partial charge in [0.15, 0.2) is 5.96 Å². The Hall–Kier alpha value is -0.960. The van der Waals surface area contributed by atoms with Gasteiger partial charge in [0.25, 0.3) is 0 Å². The van der Waals surface area contributed by atoms with E-state index < -0.39 is 0 Å². The van der Waals surface area contributed by atoms with Gasteiger partial charge in [0, 0.05) is 36.7 Å². The summed E-state index contributed by atoms with van der Waals surface area (Å²) in [6.07, 6.45) is 5.96. The Kier molecular flexibility index (Phi) is 10.2. The van der Waals surface area contributed by atoms with Crippen LogP contribution in [0, 0.1) is 5.82 Å². The van der Waals surface area contributed by atoms with Crippen LogP contribution >= 0.6 is 35.7 Å². The van der Waals surface area contributed by atoms with Gasteiger partial charge in [-0.05, 0) is 55.5 Å². The highest BCUT2D eigenvalue weighted by molar-refractivity contribution is 14.0. The molecule has 1 aromatic heterocycles. The summed E-state index contributed by atoms with van der Waals surface area (Å²) in [5.41, 5.74) is 2.09. The van der Waals surface area contributed by atoms with Gasteiger partial charge in [-0.2, -0.15) is 11.8 Å². The van der Waals surface area contributed by atoms with E-state index in [1.54, 1.807) is 12.1 Å². The molecule has 0 spiro atoms. The van der Waals surface area contributed by atoms with Crippen molar-refractivity contribution in [3.63, 3.8) is 0 Å². The molecular formula is C17H26FIN4S. The number of halogens is 2. The summed E-state index contributed by atoms with van der Waals surface area (Å²) >= 11 is 1.84. The van der Waals surface area contributed by atoms with Gasteiger partial charge in [-0.25, -0.2) is 4.39 Å². The fraction of sp³-hybridized carbons (Fsp3) is 0.471. The van der Waals surface area contributed by atoms with Crippen LogP contribution in [0.2, 0.25) is 0 Å². The van der Waals surface area contributed by atoms with E-state index in [2.05, 4.69) is 33.8 Å². The Labute approximate surface area is 164 Å². The standard InChI is InChI=1S/C17H25FN4S.HI/c1-3-19-17(20-8-4-10-23-2)21-9-7-13-12-22-16-6-5-14(18)11-15(13)16;/h5-6,11-12,22H,3-4,7-10H2,1-2H3,(H2,19,20,21);1H.